The highest BCUT2D eigenvalue weighted by molar-refractivity contribution is 6.02. The average molecular weight is 305 g/mol. The number of carbonyl (C=O) groups is 1. The molecule has 3 N–H and O–H groups in total. The fourth-order valence-corrected chi connectivity index (χ4v) is 2.05. The predicted octanol–water partition coefficient (Wildman–Crippen LogP) is 1.36. The number of fused-ring (bicyclic) bond motifs is 1. The molecule has 7 heteroatoms. The van der Waals surface area contributed by atoms with Gasteiger partial charge in [0.25, 0.3) is 17.0 Å². The van der Waals surface area contributed by atoms with Crippen LogP contribution in [-0.2, 0) is 9.53 Å². The summed E-state index contributed by atoms with van der Waals surface area (Å²) in [6, 6.07) is 4.71. The second kappa shape index (κ2) is 7.04. The van der Waals surface area contributed by atoms with Gasteiger partial charge in [-0.25, -0.2) is 0 Å². The van der Waals surface area contributed by atoms with E-state index in [-0.39, 0.29) is 16.7 Å². The van der Waals surface area contributed by atoms with Crippen LogP contribution in [0.4, 0.5) is 5.69 Å². The molecule has 0 bridgehead atoms. The number of rotatable bonds is 6. The average Bonchev–Trinajstić information content (AvgIpc) is 2.51. The van der Waals surface area contributed by atoms with Crippen molar-refractivity contribution in [2.75, 3.05) is 11.9 Å². The molecular formula is C15H19N3O4. The zero-order valence-corrected chi connectivity index (χ0v) is 12.6. The number of benzene rings is 1. The molecule has 0 fully saturated rings. The third-order valence-electron chi connectivity index (χ3n) is 3.32. The lowest BCUT2D eigenvalue weighted by Crippen LogP contribution is -2.29. The number of aromatic amines is 2. The molecule has 1 atom stereocenters. The molecule has 22 heavy (non-hydrogen) atoms. The molecule has 0 aliphatic rings. The molecule has 1 aromatic carbocycles. The van der Waals surface area contributed by atoms with Crippen LogP contribution in [-0.4, -0.2) is 28.8 Å². The fourth-order valence-electron chi connectivity index (χ4n) is 2.05. The molecule has 0 saturated heterocycles. The van der Waals surface area contributed by atoms with Crippen LogP contribution in [0.2, 0.25) is 0 Å². The normalized spacial score (nSPS) is 12.3. The number of nitrogens with one attached hydrogen (secondary N) is 3. The lowest BCUT2D eigenvalue weighted by molar-refractivity contribution is -0.126. The molecule has 2 rings (SSSR count). The van der Waals surface area contributed by atoms with Gasteiger partial charge in [-0.05, 0) is 25.5 Å². The van der Waals surface area contributed by atoms with Gasteiger partial charge in [0.05, 0.1) is 16.5 Å². The van der Waals surface area contributed by atoms with Crippen molar-refractivity contribution in [3.8, 4) is 0 Å². The van der Waals surface area contributed by atoms with Crippen molar-refractivity contribution >= 4 is 22.4 Å². The molecular weight excluding hydrogens is 286 g/mol. The lowest BCUT2D eigenvalue weighted by atomic mass is 10.1. The van der Waals surface area contributed by atoms with Crippen molar-refractivity contribution in [2.45, 2.75) is 32.8 Å². The van der Waals surface area contributed by atoms with Crippen molar-refractivity contribution in [2.24, 2.45) is 0 Å². The second-order valence-electron chi connectivity index (χ2n) is 4.99. The standard InChI is InChI=1S/C15H19N3O4/c1-3-4-8-22-9(2)13(19)16-11-7-5-6-10-12(11)15(21)18-17-14(10)20/h5-7,9H,3-4,8H2,1-2H3,(H,16,19)(H,17,20)(H,18,21)/t9-/m0/s1. The molecule has 0 saturated carbocycles. The Morgan fingerprint density at radius 3 is 2.73 bits per heavy atom. The van der Waals surface area contributed by atoms with Gasteiger partial charge < -0.3 is 10.1 Å². The first-order chi connectivity index (χ1) is 10.5. The highest BCUT2D eigenvalue weighted by Gasteiger charge is 2.16. The number of ether oxygens (including phenoxy) is 1. The van der Waals surface area contributed by atoms with Crippen molar-refractivity contribution in [1.29, 1.82) is 0 Å². The van der Waals surface area contributed by atoms with Gasteiger partial charge in [0, 0.05) is 6.61 Å². The largest absolute Gasteiger partial charge is 0.369 e. The third-order valence-corrected chi connectivity index (χ3v) is 3.32. The van der Waals surface area contributed by atoms with Gasteiger partial charge in [-0.2, -0.15) is 0 Å². The Morgan fingerprint density at radius 1 is 1.27 bits per heavy atom. The van der Waals surface area contributed by atoms with Gasteiger partial charge in [0.1, 0.15) is 6.10 Å². The van der Waals surface area contributed by atoms with Crippen LogP contribution in [0, 0.1) is 0 Å². The van der Waals surface area contributed by atoms with E-state index in [1.807, 2.05) is 6.92 Å². The van der Waals surface area contributed by atoms with Gasteiger partial charge in [-0.3, -0.25) is 24.6 Å². The van der Waals surface area contributed by atoms with Crippen molar-refractivity contribution in [3.63, 3.8) is 0 Å². The number of hydrogen-bond acceptors (Lipinski definition) is 4. The Morgan fingerprint density at radius 2 is 2.00 bits per heavy atom. The number of aromatic nitrogens is 2. The topological polar surface area (TPSA) is 104 Å². The maximum absolute atomic E-state index is 12.1. The van der Waals surface area contributed by atoms with E-state index in [4.69, 9.17) is 4.74 Å². The summed E-state index contributed by atoms with van der Waals surface area (Å²) in [7, 11) is 0. The Labute approximate surface area is 126 Å². The maximum Gasteiger partial charge on any atom is 0.272 e. The van der Waals surface area contributed by atoms with Crippen LogP contribution >= 0.6 is 0 Å². The molecule has 118 valence electrons. The summed E-state index contributed by atoms with van der Waals surface area (Å²) >= 11 is 0. The molecule has 0 radical (unpaired) electrons. The van der Waals surface area contributed by atoms with E-state index in [2.05, 4.69) is 15.5 Å². The fraction of sp³-hybridized carbons (Fsp3) is 0.400. The predicted molar refractivity (Wildman–Crippen MR) is 84.1 cm³/mol. The number of anilines is 1. The first kappa shape index (κ1) is 16.0. The minimum absolute atomic E-state index is 0.153. The van der Waals surface area contributed by atoms with Crippen LogP contribution in [0.3, 0.4) is 0 Å². The summed E-state index contributed by atoms with van der Waals surface area (Å²) in [5.74, 6) is -0.358. The Kier molecular flexibility index (Phi) is 5.11. The SMILES string of the molecule is CCCCO[C@@H](C)C(=O)Nc1cccc2c(=O)[nH][nH]c(=O)c12. The van der Waals surface area contributed by atoms with Crippen molar-refractivity contribution in [1.82, 2.24) is 10.2 Å². The van der Waals surface area contributed by atoms with Crippen LogP contribution in [0.5, 0.6) is 0 Å². The summed E-state index contributed by atoms with van der Waals surface area (Å²) in [5, 5.41) is 7.52. The monoisotopic (exact) mass is 305 g/mol. The van der Waals surface area contributed by atoms with Gasteiger partial charge in [0.2, 0.25) is 0 Å². The Balaban J connectivity index is 2.25. The third kappa shape index (κ3) is 3.43. The van der Waals surface area contributed by atoms with E-state index >= 15 is 0 Å². The van der Waals surface area contributed by atoms with Gasteiger partial charge in [0.15, 0.2) is 0 Å². The zero-order valence-electron chi connectivity index (χ0n) is 12.6. The number of H-pyrrole nitrogens is 2. The van der Waals surface area contributed by atoms with Gasteiger partial charge in [-0.1, -0.05) is 19.4 Å². The molecule has 2 aromatic rings. The molecule has 1 amide bonds. The minimum atomic E-state index is -0.636. The first-order valence-electron chi connectivity index (χ1n) is 7.20. The second-order valence-corrected chi connectivity index (χ2v) is 4.99. The summed E-state index contributed by atoms with van der Waals surface area (Å²) in [6.07, 6.45) is 1.22. The maximum atomic E-state index is 12.1. The molecule has 0 aliphatic carbocycles. The highest BCUT2D eigenvalue weighted by Crippen LogP contribution is 2.17. The number of hydrogen-bond donors (Lipinski definition) is 3. The van der Waals surface area contributed by atoms with E-state index in [9.17, 15) is 14.4 Å². The molecule has 7 nitrogen and oxygen atoms in total. The van der Waals surface area contributed by atoms with Crippen molar-refractivity contribution in [3.05, 3.63) is 38.9 Å². The molecule has 1 aromatic heterocycles. The van der Waals surface area contributed by atoms with Crippen LogP contribution in [0.25, 0.3) is 10.8 Å². The first-order valence-corrected chi connectivity index (χ1v) is 7.20. The summed E-state index contributed by atoms with van der Waals surface area (Å²) in [5.41, 5.74) is -0.594. The van der Waals surface area contributed by atoms with Crippen LogP contribution < -0.4 is 16.4 Å². The quantitative estimate of drug-likeness (QED) is 0.701. The van der Waals surface area contributed by atoms with Crippen molar-refractivity contribution < 1.29 is 9.53 Å². The van der Waals surface area contributed by atoms with E-state index in [0.717, 1.165) is 12.8 Å². The molecule has 1 heterocycles. The smallest absolute Gasteiger partial charge is 0.272 e. The van der Waals surface area contributed by atoms with Crippen LogP contribution in [0.15, 0.2) is 27.8 Å². The number of carbonyl (C=O) groups excluding carboxylic acids is 1. The Bertz CT molecular complexity index is 778. The number of amides is 1. The van der Waals surface area contributed by atoms with E-state index in [0.29, 0.717) is 12.3 Å². The summed E-state index contributed by atoms with van der Waals surface area (Å²) in [4.78, 5) is 35.7. The number of unbranched alkanes of at least 4 members (excludes halogenated alkanes) is 1. The van der Waals surface area contributed by atoms with E-state index in [1.165, 1.54) is 6.07 Å². The van der Waals surface area contributed by atoms with Gasteiger partial charge >= 0.3 is 0 Å². The zero-order chi connectivity index (χ0) is 16.1. The van der Waals surface area contributed by atoms with E-state index in [1.54, 1.807) is 19.1 Å². The Hall–Kier alpha value is -2.41. The molecule has 0 spiro atoms. The lowest BCUT2D eigenvalue weighted by Gasteiger charge is -2.14. The molecule has 0 aliphatic heterocycles. The van der Waals surface area contributed by atoms with Gasteiger partial charge in [-0.15, -0.1) is 0 Å². The van der Waals surface area contributed by atoms with E-state index < -0.39 is 17.2 Å². The minimum Gasteiger partial charge on any atom is -0.369 e. The molecule has 0 unspecified atom stereocenters. The highest BCUT2D eigenvalue weighted by atomic mass is 16.5. The summed E-state index contributed by atoms with van der Waals surface area (Å²) in [6.45, 7) is 4.18. The summed E-state index contributed by atoms with van der Waals surface area (Å²) < 4.78 is 5.42. The van der Waals surface area contributed by atoms with Crippen LogP contribution in [0.1, 0.15) is 26.7 Å².